The van der Waals surface area contributed by atoms with Gasteiger partial charge in [-0.05, 0) is 50.2 Å². The molecule has 152 valence electrons. The predicted octanol–water partition coefficient (Wildman–Crippen LogP) is 3.54. The molecule has 0 radical (unpaired) electrons. The monoisotopic (exact) mass is 416 g/mol. The van der Waals surface area contributed by atoms with E-state index < -0.39 is 4.92 Å². The summed E-state index contributed by atoms with van der Waals surface area (Å²) in [5.41, 5.74) is 0.632. The third kappa shape index (κ3) is 5.75. The average molecular weight is 417 g/mol. The molecule has 0 bridgehead atoms. The largest absolute Gasteiger partial charge is 0.326 e. The van der Waals surface area contributed by atoms with Crippen LogP contribution in [0.2, 0.25) is 5.02 Å². The highest BCUT2D eigenvalue weighted by Crippen LogP contribution is 2.28. The first-order valence-corrected chi connectivity index (χ1v) is 9.62. The Labute approximate surface area is 173 Å². The van der Waals surface area contributed by atoms with E-state index in [1.165, 1.54) is 18.2 Å². The van der Waals surface area contributed by atoms with E-state index >= 15 is 0 Å². The Balaban J connectivity index is 1.49. The van der Waals surface area contributed by atoms with Crippen LogP contribution in [0.3, 0.4) is 0 Å². The fourth-order valence-electron chi connectivity index (χ4n) is 3.27. The van der Waals surface area contributed by atoms with Crippen molar-refractivity contribution in [2.45, 2.75) is 12.8 Å². The molecule has 0 saturated carbocycles. The van der Waals surface area contributed by atoms with Gasteiger partial charge in [-0.1, -0.05) is 29.8 Å². The number of likely N-dealkylation sites (tertiary alicyclic amines) is 1. The van der Waals surface area contributed by atoms with Crippen molar-refractivity contribution in [3.8, 4) is 0 Å². The standard InChI is InChI=1S/C20H21ClN4O4/c21-15-6-7-17(18(12-15)25(28)29)23-19(26)13-24-10-8-14(9-11-24)20(27)22-16-4-2-1-3-5-16/h1-7,12,14H,8-11,13H2,(H,22,27)(H,23,26). The van der Waals surface area contributed by atoms with Gasteiger partial charge in [-0.15, -0.1) is 0 Å². The Kier molecular flexibility index (Phi) is 6.79. The Morgan fingerprint density at radius 2 is 1.79 bits per heavy atom. The second-order valence-corrected chi connectivity index (χ2v) is 7.31. The molecule has 0 spiro atoms. The summed E-state index contributed by atoms with van der Waals surface area (Å²) in [6.07, 6.45) is 1.29. The van der Waals surface area contributed by atoms with Crippen LogP contribution < -0.4 is 10.6 Å². The molecule has 1 heterocycles. The molecular formula is C20H21ClN4O4. The van der Waals surface area contributed by atoms with Gasteiger partial charge in [0, 0.05) is 22.7 Å². The number of hydrogen-bond acceptors (Lipinski definition) is 5. The minimum atomic E-state index is -0.585. The number of anilines is 2. The molecule has 1 saturated heterocycles. The molecule has 2 amide bonds. The van der Waals surface area contributed by atoms with E-state index in [1.54, 1.807) is 0 Å². The van der Waals surface area contributed by atoms with Crippen molar-refractivity contribution in [2.24, 2.45) is 5.92 Å². The lowest BCUT2D eigenvalue weighted by atomic mass is 9.96. The molecule has 3 rings (SSSR count). The Hall–Kier alpha value is -2.97. The molecule has 1 fully saturated rings. The first kappa shape index (κ1) is 20.8. The van der Waals surface area contributed by atoms with Crippen LogP contribution in [0.1, 0.15) is 12.8 Å². The molecule has 0 atom stereocenters. The number of piperidine rings is 1. The van der Waals surface area contributed by atoms with E-state index in [1.807, 2.05) is 35.2 Å². The number of carbonyl (C=O) groups is 2. The Bertz CT molecular complexity index is 899. The smallest absolute Gasteiger partial charge is 0.294 e. The van der Waals surface area contributed by atoms with E-state index in [4.69, 9.17) is 11.6 Å². The van der Waals surface area contributed by atoms with Crippen LogP contribution in [0.4, 0.5) is 17.1 Å². The first-order valence-electron chi connectivity index (χ1n) is 9.24. The van der Waals surface area contributed by atoms with Gasteiger partial charge in [0.05, 0.1) is 11.5 Å². The summed E-state index contributed by atoms with van der Waals surface area (Å²) in [7, 11) is 0. The van der Waals surface area contributed by atoms with Crippen LogP contribution in [0, 0.1) is 16.0 Å². The van der Waals surface area contributed by atoms with Gasteiger partial charge in [0.15, 0.2) is 0 Å². The van der Waals surface area contributed by atoms with Crippen LogP contribution in [-0.4, -0.2) is 41.3 Å². The zero-order valence-corrected chi connectivity index (χ0v) is 16.4. The molecule has 1 aliphatic heterocycles. The van der Waals surface area contributed by atoms with Crippen LogP contribution in [0.5, 0.6) is 0 Å². The summed E-state index contributed by atoms with van der Waals surface area (Å²) >= 11 is 5.79. The van der Waals surface area contributed by atoms with Crippen molar-refractivity contribution in [2.75, 3.05) is 30.3 Å². The number of rotatable bonds is 6. The summed E-state index contributed by atoms with van der Waals surface area (Å²) in [6, 6.07) is 13.4. The maximum atomic E-state index is 12.4. The van der Waals surface area contributed by atoms with Gasteiger partial charge < -0.3 is 10.6 Å². The van der Waals surface area contributed by atoms with Crippen molar-refractivity contribution < 1.29 is 14.5 Å². The average Bonchev–Trinajstić information content (AvgIpc) is 2.70. The number of carbonyl (C=O) groups excluding carboxylic acids is 2. The van der Waals surface area contributed by atoms with Crippen LogP contribution in [0.25, 0.3) is 0 Å². The number of para-hydroxylation sites is 1. The van der Waals surface area contributed by atoms with Gasteiger partial charge in [0.1, 0.15) is 5.69 Å². The molecule has 0 aromatic heterocycles. The number of nitrogens with one attached hydrogen (secondary N) is 2. The molecule has 2 aromatic carbocycles. The quantitative estimate of drug-likeness (QED) is 0.553. The van der Waals surface area contributed by atoms with Gasteiger partial charge in [0.25, 0.3) is 5.69 Å². The molecule has 2 aromatic rings. The van der Waals surface area contributed by atoms with E-state index in [-0.39, 0.29) is 40.7 Å². The van der Waals surface area contributed by atoms with E-state index in [0.29, 0.717) is 25.9 Å². The maximum absolute atomic E-state index is 12.4. The van der Waals surface area contributed by atoms with E-state index in [0.717, 1.165) is 5.69 Å². The van der Waals surface area contributed by atoms with Crippen molar-refractivity contribution >= 4 is 40.5 Å². The number of hydrogen-bond donors (Lipinski definition) is 2. The number of halogens is 1. The highest BCUT2D eigenvalue weighted by atomic mass is 35.5. The second-order valence-electron chi connectivity index (χ2n) is 6.87. The molecule has 0 aliphatic carbocycles. The van der Waals surface area contributed by atoms with Crippen molar-refractivity contribution in [1.29, 1.82) is 0 Å². The lowest BCUT2D eigenvalue weighted by Gasteiger charge is -2.30. The minimum Gasteiger partial charge on any atom is -0.326 e. The zero-order chi connectivity index (χ0) is 20.8. The summed E-state index contributed by atoms with van der Waals surface area (Å²) < 4.78 is 0. The number of nitro groups is 1. The summed E-state index contributed by atoms with van der Waals surface area (Å²) in [6.45, 7) is 1.30. The first-order chi connectivity index (χ1) is 13.9. The maximum Gasteiger partial charge on any atom is 0.294 e. The summed E-state index contributed by atoms with van der Waals surface area (Å²) in [5, 5.41) is 16.8. The molecule has 2 N–H and O–H groups in total. The third-order valence-corrected chi connectivity index (χ3v) is 5.03. The topological polar surface area (TPSA) is 105 Å². The van der Waals surface area contributed by atoms with Crippen molar-refractivity contribution in [3.63, 3.8) is 0 Å². The highest BCUT2D eigenvalue weighted by molar-refractivity contribution is 6.31. The van der Waals surface area contributed by atoms with Crippen LogP contribution >= 0.6 is 11.6 Å². The van der Waals surface area contributed by atoms with Crippen LogP contribution in [-0.2, 0) is 9.59 Å². The number of amides is 2. The molecule has 9 heteroatoms. The molecular weight excluding hydrogens is 396 g/mol. The zero-order valence-electron chi connectivity index (χ0n) is 15.6. The SMILES string of the molecule is O=C(CN1CCC(C(=O)Nc2ccccc2)CC1)Nc1ccc(Cl)cc1[N+](=O)[O-]. The predicted molar refractivity (Wildman–Crippen MR) is 111 cm³/mol. The van der Waals surface area contributed by atoms with Gasteiger partial charge in [-0.2, -0.15) is 0 Å². The van der Waals surface area contributed by atoms with Gasteiger partial charge in [-0.25, -0.2) is 0 Å². The molecule has 1 aliphatic rings. The van der Waals surface area contributed by atoms with Gasteiger partial charge >= 0.3 is 0 Å². The Morgan fingerprint density at radius 3 is 2.45 bits per heavy atom. The number of benzene rings is 2. The van der Waals surface area contributed by atoms with Gasteiger partial charge in [-0.3, -0.25) is 24.6 Å². The van der Waals surface area contributed by atoms with E-state index in [2.05, 4.69) is 10.6 Å². The Morgan fingerprint density at radius 1 is 1.10 bits per heavy atom. The molecule has 8 nitrogen and oxygen atoms in total. The summed E-state index contributed by atoms with van der Waals surface area (Å²) in [5.74, 6) is -0.466. The van der Waals surface area contributed by atoms with Gasteiger partial charge in [0.2, 0.25) is 11.8 Å². The number of nitro benzene ring substituents is 1. The van der Waals surface area contributed by atoms with E-state index in [9.17, 15) is 19.7 Å². The van der Waals surface area contributed by atoms with Crippen molar-refractivity contribution in [3.05, 3.63) is 63.7 Å². The van der Waals surface area contributed by atoms with Crippen molar-refractivity contribution in [1.82, 2.24) is 4.90 Å². The second kappa shape index (κ2) is 9.49. The molecule has 0 unspecified atom stereocenters. The third-order valence-electron chi connectivity index (χ3n) is 4.80. The lowest BCUT2D eigenvalue weighted by Crippen LogP contribution is -2.41. The fraction of sp³-hybridized carbons (Fsp3) is 0.300. The minimum absolute atomic E-state index is 0.0166. The normalized spacial score (nSPS) is 14.9. The van der Waals surface area contributed by atoms with Crippen LogP contribution in [0.15, 0.2) is 48.5 Å². The fourth-order valence-corrected chi connectivity index (χ4v) is 3.44. The molecule has 29 heavy (non-hydrogen) atoms. The number of nitrogens with zero attached hydrogens (tertiary/aromatic N) is 2. The summed E-state index contributed by atoms with van der Waals surface area (Å²) in [4.78, 5) is 37.2. The lowest BCUT2D eigenvalue weighted by molar-refractivity contribution is -0.383. The highest BCUT2D eigenvalue weighted by Gasteiger charge is 2.26.